The Labute approximate surface area is 84.5 Å². The van der Waals surface area contributed by atoms with Crippen LogP contribution in [0.3, 0.4) is 0 Å². The zero-order valence-corrected chi connectivity index (χ0v) is 9.26. The smallest absolute Gasteiger partial charge is 0.282 e. The summed E-state index contributed by atoms with van der Waals surface area (Å²) in [5, 5.41) is 0. The van der Waals surface area contributed by atoms with Crippen LogP contribution in [0.1, 0.15) is 34.1 Å². The van der Waals surface area contributed by atoms with E-state index in [4.69, 9.17) is 15.2 Å². The third-order valence-electron chi connectivity index (χ3n) is 3.13. The molecule has 1 fully saturated rings. The molecule has 4 nitrogen and oxygen atoms in total. The molecule has 0 amide bonds. The molecular weight excluding hydrogens is 180 g/mol. The van der Waals surface area contributed by atoms with Gasteiger partial charge in [-0.25, -0.2) is 4.99 Å². The van der Waals surface area contributed by atoms with Crippen LogP contribution in [-0.4, -0.2) is 29.4 Å². The van der Waals surface area contributed by atoms with E-state index >= 15 is 0 Å². The van der Waals surface area contributed by atoms with Crippen LogP contribution in [0.15, 0.2) is 4.99 Å². The molecule has 1 unspecified atom stereocenters. The lowest BCUT2D eigenvalue weighted by atomic mass is 9.82. The number of hydrogen-bond acceptors (Lipinski definition) is 4. The largest absolute Gasteiger partial charge is 0.454 e. The van der Waals surface area contributed by atoms with E-state index < -0.39 is 0 Å². The van der Waals surface area contributed by atoms with Crippen molar-refractivity contribution in [3.05, 3.63) is 0 Å². The van der Waals surface area contributed by atoms with Crippen molar-refractivity contribution in [1.82, 2.24) is 0 Å². The normalized spacial score (nSPS) is 38.4. The molecule has 0 bridgehead atoms. The van der Waals surface area contributed by atoms with Crippen LogP contribution in [0.5, 0.6) is 0 Å². The monoisotopic (exact) mass is 198 g/mol. The number of aliphatic imine (C=N–C) groups is 1. The lowest BCUT2D eigenvalue weighted by molar-refractivity contribution is -0.112. The van der Waals surface area contributed by atoms with Gasteiger partial charge in [0, 0.05) is 6.42 Å². The van der Waals surface area contributed by atoms with Crippen molar-refractivity contribution < 1.29 is 9.47 Å². The fourth-order valence-electron chi connectivity index (χ4n) is 2.60. The standard InChI is InChI=1S/C10H18N2O2/c1-8(2)5-10(9(3,4)14-8)6-12-7(11)13-10/h5-6H2,1-4H3,(H2,11,12). The molecule has 14 heavy (non-hydrogen) atoms. The van der Waals surface area contributed by atoms with Crippen molar-refractivity contribution in [2.45, 2.75) is 50.9 Å². The maximum atomic E-state index is 5.97. The second-order valence-electron chi connectivity index (χ2n) is 5.30. The molecule has 80 valence electrons. The van der Waals surface area contributed by atoms with Gasteiger partial charge in [-0.3, -0.25) is 0 Å². The van der Waals surface area contributed by atoms with Crippen LogP contribution < -0.4 is 5.73 Å². The number of nitrogens with zero attached hydrogens (tertiary/aromatic N) is 1. The van der Waals surface area contributed by atoms with Crippen LogP contribution in [-0.2, 0) is 9.47 Å². The average Bonchev–Trinajstić information content (AvgIpc) is 2.35. The van der Waals surface area contributed by atoms with Gasteiger partial charge in [-0.05, 0) is 27.7 Å². The Balaban J connectivity index is 2.29. The topological polar surface area (TPSA) is 56.8 Å². The molecule has 1 spiro atoms. The van der Waals surface area contributed by atoms with E-state index in [1.807, 2.05) is 13.8 Å². The number of ether oxygens (including phenoxy) is 2. The van der Waals surface area contributed by atoms with Gasteiger partial charge in [0.2, 0.25) is 0 Å². The maximum absolute atomic E-state index is 5.97. The average molecular weight is 198 g/mol. The van der Waals surface area contributed by atoms with Crippen LogP contribution in [0.25, 0.3) is 0 Å². The van der Waals surface area contributed by atoms with Gasteiger partial charge in [0.15, 0.2) is 5.60 Å². The van der Waals surface area contributed by atoms with Crippen molar-refractivity contribution in [2.24, 2.45) is 10.7 Å². The van der Waals surface area contributed by atoms with Gasteiger partial charge < -0.3 is 15.2 Å². The minimum absolute atomic E-state index is 0.163. The van der Waals surface area contributed by atoms with Crippen LogP contribution in [0.4, 0.5) is 0 Å². The summed E-state index contributed by atoms with van der Waals surface area (Å²) in [7, 11) is 0. The molecule has 0 aromatic carbocycles. The molecule has 2 aliphatic heterocycles. The second kappa shape index (κ2) is 2.42. The van der Waals surface area contributed by atoms with Gasteiger partial charge in [0.1, 0.15) is 5.60 Å². The first-order chi connectivity index (χ1) is 6.27. The first kappa shape index (κ1) is 9.77. The van der Waals surface area contributed by atoms with Gasteiger partial charge in [-0.15, -0.1) is 0 Å². The zero-order chi connectivity index (χ0) is 10.6. The predicted octanol–water partition coefficient (Wildman–Crippen LogP) is 1.05. The van der Waals surface area contributed by atoms with Crippen molar-refractivity contribution in [2.75, 3.05) is 6.54 Å². The third kappa shape index (κ3) is 1.21. The van der Waals surface area contributed by atoms with E-state index in [0.717, 1.165) is 6.42 Å². The van der Waals surface area contributed by atoms with Gasteiger partial charge >= 0.3 is 0 Å². The van der Waals surface area contributed by atoms with E-state index in [2.05, 4.69) is 18.8 Å². The Morgan fingerprint density at radius 1 is 1.29 bits per heavy atom. The molecule has 0 aromatic heterocycles. The molecule has 2 heterocycles. The first-order valence-electron chi connectivity index (χ1n) is 4.96. The Morgan fingerprint density at radius 3 is 2.29 bits per heavy atom. The van der Waals surface area contributed by atoms with Crippen molar-refractivity contribution in [3.8, 4) is 0 Å². The summed E-state index contributed by atoms with van der Waals surface area (Å²) >= 11 is 0. The fraction of sp³-hybridized carbons (Fsp3) is 0.900. The van der Waals surface area contributed by atoms with Gasteiger partial charge in [0.05, 0.1) is 12.1 Å². The Kier molecular flexibility index (Phi) is 1.69. The van der Waals surface area contributed by atoms with E-state index in [1.54, 1.807) is 0 Å². The highest BCUT2D eigenvalue weighted by Crippen LogP contribution is 2.48. The van der Waals surface area contributed by atoms with Crippen LogP contribution in [0, 0.1) is 0 Å². The highest BCUT2D eigenvalue weighted by atomic mass is 16.6. The number of hydrogen-bond donors (Lipinski definition) is 1. The van der Waals surface area contributed by atoms with Crippen LogP contribution in [0.2, 0.25) is 0 Å². The highest BCUT2D eigenvalue weighted by Gasteiger charge is 2.61. The predicted molar refractivity (Wildman–Crippen MR) is 54.2 cm³/mol. The molecule has 1 atom stereocenters. The number of amidine groups is 1. The zero-order valence-electron chi connectivity index (χ0n) is 9.26. The molecule has 0 saturated carbocycles. The molecule has 2 aliphatic rings. The summed E-state index contributed by atoms with van der Waals surface area (Å²) in [5.41, 5.74) is 4.72. The molecule has 0 aliphatic carbocycles. The van der Waals surface area contributed by atoms with Crippen molar-refractivity contribution in [3.63, 3.8) is 0 Å². The first-order valence-corrected chi connectivity index (χ1v) is 4.96. The van der Waals surface area contributed by atoms with Gasteiger partial charge in [-0.2, -0.15) is 0 Å². The Hall–Kier alpha value is -0.770. The molecule has 1 saturated heterocycles. The Morgan fingerprint density at radius 2 is 1.93 bits per heavy atom. The summed E-state index contributed by atoms with van der Waals surface area (Å²) in [6.07, 6.45) is 0.831. The van der Waals surface area contributed by atoms with E-state index in [1.165, 1.54) is 0 Å². The molecule has 0 radical (unpaired) electrons. The van der Waals surface area contributed by atoms with E-state index in [0.29, 0.717) is 12.6 Å². The number of rotatable bonds is 0. The summed E-state index contributed by atoms with van der Waals surface area (Å²) < 4.78 is 11.6. The van der Waals surface area contributed by atoms with Crippen LogP contribution >= 0.6 is 0 Å². The minimum Gasteiger partial charge on any atom is -0.454 e. The van der Waals surface area contributed by atoms with E-state index in [9.17, 15) is 0 Å². The minimum atomic E-state index is -0.361. The van der Waals surface area contributed by atoms with Gasteiger partial charge in [-0.1, -0.05) is 0 Å². The lowest BCUT2D eigenvalue weighted by Crippen LogP contribution is -2.49. The number of nitrogens with two attached hydrogens (primary N) is 1. The molecular formula is C10H18N2O2. The summed E-state index contributed by atoms with van der Waals surface area (Å²) in [6, 6.07) is 0.291. The SMILES string of the molecule is CC1(C)CC2(CN=C(N)O2)C(C)(C)O1. The molecule has 2 N–H and O–H groups in total. The highest BCUT2D eigenvalue weighted by molar-refractivity contribution is 5.74. The lowest BCUT2D eigenvalue weighted by Gasteiger charge is -2.34. The molecule has 4 heteroatoms. The molecule has 0 aromatic rings. The van der Waals surface area contributed by atoms with Crippen molar-refractivity contribution in [1.29, 1.82) is 0 Å². The van der Waals surface area contributed by atoms with Crippen molar-refractivity contribution >= 4 is 6.02 Å². The van der Waals surface area contributed by atoms with E-state index in [-0.39, 0.29) is 16.8 Å². The quantitative estimate of drug-likeness (QED) is 0.633. The fourth-order valence-corrected chi connectivity index (χ4v) is 2.60. The maximum Gasteiger partial charge on any atom is 0.282 e. The second-order valence-corrected chi connectivity index (χ2v) is 5.30. The summed E-state index contributed by atoms with van der Waals surface area (Å²) in [4.78, 5) is 4.12. The third-order valence-corrected chi connectivity index (χ3v) is 3.13. The van der Waals surface area contributed by atoms with Gasteiger partial charge in [0.25, 0.3) is 6.02 Å². The molecule has 2 rings (SSSR count). The summed E-state index contributed by atoms with van der Waals surface area (Å²) in [5.74, 6) is 0. The Bertz CT molecular complexity index is 296. The summed E-state index contributed by atoms with van der Waals surface area (Å²) in [6.45, 7) is 8.82.